The van der Waals surface area contributed by atoms with Crippen molar-refractivity contribution in [3.8, 4) is 5.75 Å². The lowest BCUT2D eigenvalue weighted by atomic mass is 9.96. The van der Waals surface area contributed by atoms with Crippen LogP contribution in [0.3, 0.4) is 0 Å². The number of hydrogen-bond donors (Lipinski definition) is 4. The number of hydrogen-bond acceptors (Lipinski definition) is 8. The average Bonchev–Trinajstić information content (AvgIpc) is 2.96. The molecule has 4 atom stereocenters. The molecule has 5 N–H and O–H groups in total. The molecular formula is C37H54N4O8. The summed E-state index contributed by atoms with van der Waals surface area (Å²) in [6.07, 6.45) is -0.265. The van der Waals surface area contributed by atoms with Crippen LogP contribution in [0.15, 0.2) is 54.6 Å². The van der Waals surface area contributed by atoms with Crippen molar-refractivity contribution in [1.29, 1.82) is 0 Å². The van der Waals surface area contributed by atoms with Gasteiger partial charge in [0.15, 0.2) is 0 Å². The van der Waals surface area contributed by atoms with Crippen LogP contribution < -0.4 is 16.4 Å². The maximum Gasteiger partial charge on any atom is 0.408 e. The number of nitrogens with zero attached hydrogens (tertiary/aromatic N) is 1. The van der Waals surface area contributed by atoms with Crippen molar-refractivity contribution in [2.45, 2.75) is 123 Å². The Morgan fingerprint density at radius 2 is 1.37 bits per heavy atom. The van der Waals surface area contributed by atoms with Gasteiger partial charge in [0.05, 0.1) is 6.42 Å². The third-order valence-electron chi connectivity index (χ3n) is 7.31. The fraction of sp³-hybridized carbons (Fsp3) is 0.541. The van der Waals surface area contributed by atoms with Crippen molar-refractivity contribution in [2.24, 2.45) is 11.7 Å². The van der Waals surface area contributed by atoms with E-state index in [2.05, 4.69) is 10.6 Å². The van der Waals surface area contributed by atoms with Gasteiger partial charge in [-0.1, -0.05) is 56.3 Å². The largest absolute Gasteiger partial charge is 0.508 e. The molecule has 270 valence electrons. The molecule has 0 bridgehead atoms. The van der Waals surface area contributed by atoms with Crippen molar-refractivity contribution in [1.82, 2.24) is 15.5 Å². The third-order valence-corrected chi connectivity index (χ3v) is 7.31. The number of nitrogens with two attached hydrogens (primary N) is 1. The highest BCUT2D eigenvalue weighted by Gasteiger charge is 2.41. The highest BCUT2D eigenvalue weighted by Crippen LogP contribution is 2.29. The summed E-state index contributed by atoms with van der Waals surface area (Å²) in [5, 5.41) is 15.4. The highest BCUT2D eigenvalue weighted by molar-refractivity contribution is 5.96. The normalized spacial score (nSPS) is 14.2. The van der Waals surface area contributed by atoms with Crippen molar-refractivity contribution >= 4 is 29.8 Å². The summed E-state index contributed by atoms with van der Waals surface area (Å²) in [6, 6.07) is 10.3. The molecule has 0 saturated heterocycles. The lowest BCUT2D eigenvalue weighted by molar-refractivity contribution is -0.159. The van der Waals surface area contributed by atoms with Crippen LogP contribution in [0.5, 0.6) is 5.75 Å². The molecule has 12 heteroatoms. The molecule has 4 amide bonds. The van der Waals surface area contributed by atoms with Crippen molar-refractivity contribution in [3.05, 3.63) is 65.7 Å². The lowest BCUT2D eigenvalue weighted by Gasteiger charge is -2.39. The molecule has 0 aliphatic rings. The number of esters is 1. The van der Waals surface area contributed by atoms with Gasteiger partial charge in [-0.2, -0.15) is 0 Å². The van der Waals surface area contributed by atoms with Gasteiger partial charge >= 0.3 is 12.1 Å². The number of amides is 4. The molecule has 0 saturated carbocycles. The van der Waals surface area contributed by atoms with Crippen LogP contribution in [-0.2, 0) is 35.1 Å². The quantitative estimate of drug-likeness (QED) is 0.191. The fourth-order valence-corrected chi connectivity index (χ4v) is 5.11. The summed E-state index contributed by atoms with van der Waals surface area (Å²) in [5.41, 5.74) is 4.86. The van der Waals surface area contributed by atoms with Crippen LogP contribution in [0.2, 0.25) is 0 Å². The zero-order chi connectivity index (χ0) is 37.1. The van der Waals surface area contributed by atoms with Crippen LogP contribution in [-0.4, -0.2) is 69.1 Å². The van der Waals surface area contributed by atoms with Crippen LogP contribution in [0, 0.1) is 5.92 Å². The van der Waals surface area contributed by atoms with Gasteiger partial charge in [-0.15, -0.1) is 0 Å². The molecule has 49 heavy (non-hydrogen) atoms. The van der Waals surface area contributed by atoms with E-state index in [1.54, 1.807) is 48.5 Å². The Labute approximate surface area is 290 Å². The van der Waals surface area contributed by atoms with E-state index >= 15 is 0 Å². The second-order valence-corrected chi connectivity index (χ2v) is 14.7. The molecule has 2 aromatic carbocycles. The van der Waals surface area contributed by atoms with E-state index in [0.717, 1.165) is 5.56 Å². The van der Waals surface area contributed by atoms with Gasteiger partial charge in [0, 0.05) is 12.5 Å². The summed E-state index contributed by atoms with van der Waals surface area (Å²) in [7, 11) is 0. The lowest BCUT2D eigenvalue weighted by Crippen LogP contribution is -2.57. The molecule has 2 rings (SSSR count). The number of ether oxygens (including phenoxy) is 2. The second kappa shape index (κ2) is 17.7. The molecule has 0 aromatic heterocycles. The first-order valence-electron chi connectivity index (χ1n) is 16.6. The minimum atomic E-state index is -1.48. The smallest absolute Gasteiger partial charge is 0.408 e. The van der Waals surface area contributed by atoms with Gasteiger partial charge < -0.3 is 35.8 Å². The minimum Gasteiger partial charge on any atom is -0.508 e. The predicted octanol–water partition coefficient (Wildman–Crippen LogP) is 4.92. The van der Waals surface area contributed by atoms with E-state index in [0.29, 0.717) is 18.4 Å². The number of nitrogens with one attached hydrogen (secondary N) is 2. The number of aromatic hydroxyl groups is 1. The Morgan fingerprint density at radius 1 is 0.796 bits per heavy atom. The second-order valence-electron chi connectivity index (χ2n) is 14.7. The monoisotopic (exact) mass is 682 g/mol. The number of phenolic OH excluding ortho intramolecular Hbond substituents is 1. The number of alkyl carbamates (subject to hydrolysis) is 1. The average molecular weight is 683 g/mol. The fourth-order valence-electron chi connectivity index (χ4n) is 5.11. The van der Waals surface area contributed by atoms with E-state index in [-0.39, 0.29) is 18.1 Å². The van der Waals surface area contributed by atoms with E-state index in [1.165, 1.54) is 29.2 Å². The topological polar surface area (TPSA) is 177 Å². The van der Waals surface area contributed by atoms with Crippen LogP contribution in [0.25, 0.3) is 0 Å². The molecule has 4 unspecified atom stereocenters. The van der Waals surface area contributed by atoms with Crippen LogP contribution in [0.1, 0.15) is 98.7 Å². The summed E-state index contributed by atoms with van der Waals surface area (Å²) in [6.45, 7) is 15.9. The molecular weight excluding hydrogens is 628 g/mol. The van der Waals surface area contributed by atoms with E-state index in [9.17, 15) is 29.1 Å². The first kappa shape index (κ1) is 40.6. The van der Waals surface area contributed by atoms with Gasteiger partial charge in [0.1, 0.15) is 35.1 Å². The Balaban J connectivity index is 2.71. The minimum absolute atomic E-state index is 0.0671. The molecule has 2 aromatic rings. The van der Waals surface area contributed by atoms with Crippen molar-refractivity contribution in [2.75, 3.05) is 0 Å². The van der Waals surface area contributed by atoms with Gasteiger partial charge in [-0.05, 0) is 90.5 Å². The Hall–Kier alpha value is -4.61. The number of carbonyl (C=O) groups is 5. The number of carbonyl (C=O) groups excluding carboxylic acids is 5. The van der Waals surface area contributed by atoms with Gasteiger partial charge in [-0.25, -0.2) is 9.59 Å². The van der Waals surface area contributed by atoms with Crippen LogP contribution >= 0.6 is 0 Å². The summed E-state index contributed by atoms with van der Waals surface area (Å²) in [5.74, 6) is -2.81. The highest BCUT2D eigenvalue weighted by atomic mass is 16.6. The van der Waals surface area contributed by atoms with Crippen molar-refractivity contribution < 1.29 is 38.6 Å². The molecule has 0 heterocycles. The SMILES string of the molecule is CC(C)CCC(C)N(C(=O)C(CC(N)=O)NC(=O)OC(C)(C)C)C(C(=O)NC(Cc1ccccc1)C(=O)OC(C)(C)C)c1ccc(O)cc1. The molecule has 12 nitrogen and oxygen atoms in total. The number of benzene rings is 2. The van der Waals surface area contributed by atoms with E-state index in [4.69, 9.17) is 15.2 Å². The van der Waals surface area contributed by atoms with Crippen LogP contribution in [0.4, 0.5) is 4.79 Å². The first-order chi connectivity index (χ1) is 22.7. The number of primary amides is 1. The Morgan fingerprint density at radius 3 is 1.88 bits per heavy atom. The zero-order valence-electron chi connectivity index (χ0n) is 30.2. The standard InChI is InChI=1S/C37H54N4O8/c1-23(2)15-16-24(3)41(33(45)28(22-30(38)43)40-35(47)49-37(7,8)9)31(26-17-19-27(42)20-18-26)32(44)39-29(34(46)48-36(4,5)6)21-25-13-11-10-12-14-25/h10-14,17-20,23-24,28-29,31,42H,15-16,21-22H2,1-9H3,(H2,38,43)(H,39,44)(H,40,47). The molecule has 0 radical (unpaired) electrons. The zero-order valence-corrected chi connectivity index (χ0v) is 30.2. The summed E-state index contributed by atoms with van der Waals surface area (Å²) >= 11 is 0. The molecule has 0 aliphatic carbocycles. The van der Waals surface area contributed by atoms with E-state index < -0.39 is 71.6 Å². The first-order valence-corrected chi connectivity index (χ1v) is 16.6. The summed E-state index contributed by atoms with van der Waals surface area (Å²) < 4.78 is 11.0. The maximum absolute atomic E-state index is 14.6. The third kappa shape index (κ3) is 14.2. The molecule has 0 fully saturated rings. The Kier molecular flexibility index (Phi) is 14.6. The number of rotatable bonds is 15. The number of phenols is 1. The Bertz CT molecular complexity index is 1410. The molecule has 0 spiro atoms. The molecule has 0 aliphatic heterocycles. The van der Waals surface area contributed by atoms with Gasteiger partial charge in [0.2, 0.25) is 17.7 Å². The van der Waals surface area contributed by atoms with E-state index in [1.807, 2.05) is 44.2 Å². The van der Waals surface area contributed by atoms with Gasteiger partial charge in [0.25, 0.3) is 0 Å². The van der Waals surface area contributed by atoms with Gasteiger partial charge in [-0.3, -0.25) is 14.4 Å². The maximum atomic E-state index is 14.6. The predicted molar refractivity (Wildman–Crippen MR) is 186 cm³/mol. The van der Waals surface area contributed by atoms with Crippen molar-refractivity contribution in [3.63, 3.8) is 0 Å². The summed E-state index contributed by atoms with van der Waals surface area (Å²) in [4.78, 5) is 69.0.